The average molecular weight is 359 g/mol. The minimum Gasteiger partial charge on any atom is -0.338 e. The summed E-state index contributed by atoms with van der Waals surface area (Å²) < 4.78 is 1.02. The van der Waals surface area contributed by atoms with E-state index >= 15 is 0 Å². The number of nitrogens with zero attached hydrogens (tertiary/aromatic N) is 1. The average Bonchev–Trinajstić information content (AvgIpc) is 2.45. The van der Waals surface area contributed by atoms with Gasteiger partial charge in [-0.2, -0.15) is 0 Å². The lowest BCUT2D eigenvalue weighted by Gasteiger charge is -2.34. The van der Waals surface area contributed by atoms with Gasteiger partial charge < -0.3 is 4.90 Å². The molecule has 1 amide bonds. The summed E-state index contributed by atoms with van der Waals surface area (Å²) in [5, 5.41) is 0. The van der Waals surface area contributed by atoms with E-state index in [1.165, 1.54) is 19.3 Å². The molecule has 2 rings (SSSR count). The summed E-state index contributed by atoms with van der Waals surface area (Å²) in [4.78, 5) is 14.6. The van der Waals surface area contributed by atoms with Gasteiger partial charge in [-0.15, -0.1) is 11.6 Å². The molecule has 0 N–H and O–H groups in total. The second-order valence-corrected chi connectivity index (χ2v) is 6.67. The van der Waals surface area contributed by atoms with Crippen LogP contribution >= 0.6 is 27.5 Å². The molecule has 0 spiro atoms. The first kappa shape index (κ1) is 15.8. The number of carbonyl (C=O) groups excluding carboxylic acids is 1. The van der Waals surface area contributed by atoms with Crippen molar-refractivity contribution in [2.75, 3.05) is 12.4 Å². The fraction of sp³-hybridized carbons (Fsp3) is 0.562. The molecule has 0 radical (unpaired) electrons. The van der Waals surface area contributed by atoms with E-state index in [1.807, 2.05) is 29.2 Å². The Balaban J connectivity index is 2.02. The fourth-order valence-electron chi connectivity index (χ4n) is 2.92. The smallest absolute Gasteiger partial charge is 0.227 e. The molecule has 2 nitrogen and oxygen atoms in total. The highest BCUT2D eigenvalue weighted by Crippen LogP contribution is 2.23. The molecule has 0 saturated heterocycles. The van der Waals surface area contributed by atoms with Crippen LogP contribution in [0.15, 0.2) is 28.7 Å². The summed E-state index contributed by atoms with van der Waals surface area (Å²) in [7, 11) is 0. The maximum atomic E-state index is 12.6. The fourth-order valence-corrected chi connectivity index (χ4v) is 3.55. The molecular weight excluding hydrogens is 338 g/mol. The molecule has 1 fully saturated rings. The van der Waals surface area contributed by atoms with Crippen molar-refractivity contribution in [2.24, 2.45) is 0 Å². The highest BCUT2D eigenvalue weighted by Gasteiger charge is 2.24. The number of hydrogen-bond donors (Lipinski definition) is 0. The maximum absolute atomic E-state index is 12.6. The van der Waals surface area contributed by atoms with E-state index in [0.717, 1.165) is 22.9 Å². The normalized spacial score (nSPS) is 16.1. The lowest BCUT2D eigenvalue weighted by molar-refractivity contribution is -0.133. The third-order valence-electron chi connectivity index (χ3n) is 3.91. The first-order chi connectivity index (χ1) is 9.70. The third kappa shape index (κ3) is 4.49. The highest BCUT2D eigenvalue weighted by atomic mass is 79.9. The standard InChI is InChI=1S/C16H21BrClNO/c17-14-6-4-5-13(11-14)12-16(20)19(10-9-18)15-7-2-1-3-8-15/h4-6,11,15H,1-3,7-10,12H2. The molecule has 1 aromatic carbocycles. The predicted molar refractivity (Wildman–Crippen MR) is 87.2 cm³/mol. The number of hydrogen-bond acceptors (Lipinski definition) is 1. The Morgan fingerprint density at radius 3 is 2.70 bits per heavy atom. The minimum atomic E-state index is 0.204. The summed E-state index contributed by atoms with van der Waals surface area (Å²) >= 11 is 9.34. The second-order valence-electron chi connectivity index (χ2n) is 5.37. The number of amides is 1. The first-order valence-corrected chi connectivity index (χ1v) is 8.63. The molecule has 110 valence electrons. The van der Waals surface area contributed by atoms with Crippen molar-refractivity contribution in [3.63, 3.8) is 0 Å². The molecule has 0 unspecified atom stereocenters. The molecule has 0 aromatic heterocycles. The van der Waals surface area contributed by atoms with Gasteiger partial charge in [-0.3, -0.25) is 4.79 Å². The first-order valence-electron chi connectivity index (χ1n) is 7.30. The van der Waals surface area contributed by atoms with Crippen LogP contribution in [0.2, 0.25) is 0 Å². The van der Waals surface area contributed by atoms with E-state index in [9.17, 15) is 4.79 Å². The van der Waals surface area contributed by atoms with Gasteiger partial charge in [-0.1, -0.05) is 47.3 Å². The summed E-state index contributed by atoms with van der Waals surface area (Å²) in [5.74, 6) is 0.719. The molecule has 0 heterocycles. The molecule has 1 aromatic rings. The Bertz CT molecular complexity index is 446. The molecule has 20 heavy (non-hydrogen) atoms. The van der Waals surface area contributed by atoms with Crippen molar-refractivity contribution in [1.29, 1.82) is 0 Å². The Hall–Kier alpha value is -0.540. The van der Waals surface area contributed by atoms with E-state index in [0.29, 0.717) is 24.9 Å². The topological polar surface area (TPSA) is 20.3 Å². The van der Waals surface area contributed by atoms with Crippen LogP contribution in [-0.2, 0) is 11.2 Å². The van der Waals surface area contributed by atoms with Gasteiger partial charge in [0.05, 0.1) is 6.42 Å². The van der Waals surface area contributed by atoms with E-state index in [1.54, 1.807) is 0 Å². The van der Waals surface area contributed by atoms with Crippen molar-refractivity contribution in [2.45, 2.75) is 44.6 Å². The van der Waals surface area contributed by atoms with Gasteiger partial charge >= 0.3 is 0 Å². The number of rotatable bonds is 5. The summed E-state index contributed by atoms with van der Waals surface area (Å²) in [6, 6.07) is 8.35. The van der Waals surface area contributed by atoms with Crippen molar-refractivity contribution < 1.29 is 4.79 Å². The van der Waals surface area contributed by atoms with Gasteiger partial charge in [0.1, 0.15) is 0 Å². The van der Waals surface area contributed by atoms with E-state index in [4.69, 9.17) is 11.6 Å². The largest absolute Gasteiger partial charge is 0.338 e. The predicted octanol–water partition coefficient (Wildman–Crippen LogP) is 4.39. The van der Waals surface area contributed by atoms with Gasteiger partial charge in [0.25, 0.3) is 0 Å². The van der Waals surface area contributed by atoms with Crippen LogP contribution in [0.3, 0.4) is 0 Å². The van der Waals surface area contributed by atoms with E-state index < -0.39 is 0 Å². The third-order valence-corrected chi connectivity index (χ3v) is 4.57. The van der Waals surface area contributed by atoms with Crippen molar-refractivity contribution in [1.82, 2.24) is 4.90 Å². The summed E-state index contributed by atoms with van der Waals surface area (Å²) in [5.41, 5.74) is 1.06. The Morgan fingerprint density at radius 2 is 2.05 bits per heavy atom. The van der Waals surface area contributed by atoms with Gasteiger partial charge in [-0.05, 0) is 30.5 Å². The monoisotopic (exact) mass is 357 g/mol. The maximum Gasteiger partial charge on any atom is 0.227 e. The van der Waals surface area contributed by atoms with Gasteiger partial charge in [0.2, 0.25) is 5.91 Å². The van der Waals surface area contributed by atoms with Gasteiger partial charge in [0, 0.05) is 22.9 Å². The molecule has 1 saturated carbocycles. The van der Waals surface area contributed by atoms with E-state index in [-0.39, 0.29) is 5.91 Å². The van der Waals surface area contributed by atoms with Crippen LogP contribution in [0.1, 0.15) is 37.7 Å². The number of benzene rings is 1. The van der Waals surface area contributed by atoms with Crippen molar-refractivity contribution in [3.8, 4) is 0 Å². The van der Waals surface area contributed by atoms with Crippen LogP contribution in [0.4, 0.5) is 0 Å². The van der Waals surface area contributed by atoms with Gasteiger partial charge in [-0.25, -0.2) is 0 Å². The molecule has 0 aliphatic heterocycles. The van der Waals surface area contributed by atoms with Crippen LogP contribution in [0.5, 0.6) is 0 Å². The van der Waals surface area contributed by atoms with Crippen molar-refractivity contribution in [3.05, 3.63) is 34.3 Å². The minimum absolute atomic E-state index is 0.204. The number of carbonyl (C=O) groups is 1. The van der Waals surface area contributed by atoms with Crippen LogP contribution in [0, 0.1) is 0 Å². The lowest BCUT2D eigenvalue weighted by atomic mass is 9.93. The number of halogens is 2. The molecule has 1 aliphatic rings. The Labute approximate surface area is 134 Å². The SMILES string of the molecule is O=C(Cc1cccc(Br)c1)N(CCCl)C1CCCCC1. The molecule has 0 bridgehead atoms. The summed E-state index contributed by atoms with van der Waals surface area (Å²) in [6.45, 7) is 0.666. The Morgan fingerprint density at radius 1 is 1.30 bits per heavy atom. The highest BCUT2D eigenvalue weighted by molar-refractivity contribution is 9.10. The van der Waals surface area contributed by atoms with Crippen LogP contribution in [-0.4, -0.2) is 29.3 Å². The molecular formula is C16H21BrClNO. The number of alkyl halides is 1. The lowest BCUT2D eigenvalue weighted by Crippen LogP contribution is -2.43. The van der Waals surface area contributed by atoms with Crippen LogP contribution in [0.25, 0.3) is 0 Å². The summed E-state index contributed by atoms with van der Waals surface area (Å²) in [6.07, 6.45) is 6.47. The quantitative estimate of drug-likeness (QED) is 0.715. The second kappa shape index (κ2) is 8.04. The molecule has 4 heteroatoms. The van der Waals surface area contributed by atoms with Crippen molar-refractivity contribution >= 4 is 33.4 Å². The molecule has 1 aliphatic carbocycles. The Kier molecular flexibility index (Phi) is 6.37. The molecule has 0 atom stereocenters. The zero-order valence-electron chi connectivity index (χ0n) is 11.7. The van der Waals surface area contributed by atoms with E-state index in [2.05, 4.69) is 15.9 Å². The van der Waals surface area contributed by atoms with Gasteiger partial charge in [0.15, 0.2) is 0 Å². The zero-order valence-corrected chi connectivity index (χ0v) is 14.0. The van der Waals surface area contributed by atoms with Crippen LogP contribution < -0.4 is 0 Å². The zero-order chi connectivity index (χ0) is 14.4.